The maximum Gasteiger partial charge on any atom is 0.309 e. The molecular formula is C5H16N4O. The second kappa shape index (κ2) is 24.7. The number of hydrogen-bond donors (Lipinski definition) is 4. The van der Waals surface area contributed by atoms with Crippen LogP contribution in [-0.2, 0) is 0 Å². The molecule has 0 aromatic rings. The van der Waals surface area contributed by atoms with Crippen molar-refractivity contribution in [2.24, 2.45) is 23.2 Å². The molecule has 0 aliphatic rings. The summed E-state index contributed by atoms with van der Waals surface area (Å²) in [5, 5.41) is 0. The summed E-state index contributed by atoms with van der Waals surface area (Å²) in [6.07, 6.45) is 4.00. The van der Waals surface area contributed by atoms with Gasteiger partial charge in [-0.1, -0.05) is 12.2 Å². The summed E-state index contributed by atoms with van der Waals surface area (Å²) < 4.78 is 0. The van der Waals surface area contributed by atoms with E-state index in [1.165, 1.54) is 0 Å². The lowest BCUT2D eigenvalue weighted by molar-refractivity contribution is 0.256. The Labute approximate surface area is 61.0 Å². The largest absolute Gasteiger partial charge is 0.352 e. The molecule has 0 unspecified atom stereocenters. The van der Waals surface area contributed by atoms with Gasteiger partial charge < -0.3 is 11.5 Å². The van der Waals surface area contributed by atoms with Gasteiger partial charge in [-0.15, -0.1) is 0 Å². The smallest absolute Gasteiger partial charge is 0.309 e. The number of primary amides is 2. The number of allylic oxidation sites excluding steroid dienone is 2. The Kier molecular flexibility index (Phi) is 39.4. The summed E-state index contributed by atoms with van der Waals surface area (Å²) in [4.78, 5) is 9.00. The molecule has 2 amide bonds. The van der Waals surface area contributed by atoms with Gasteiger partial charge in [-0.2, -0.15) is 0 Å². The summed E-state index contributed by atoms with van der Waals surface area (Å²) in [7, 11) is 0. The molecule has 0 saturated carbocycles. The number of hydrazine groups is 1. The van der Waals surface area contributed by atoms with Gasteiger partial charge in [0, 0.05) is 0 Å². The minimum atomic E-state index is -0.833. The van der Waals surface area contributed by atoms with Gasteiger partial charge in [-0.3, -0.25) is 11.7 Å². The fourth-order valence-electron chi connectivity index (χ4n) is 0. The Morgan fingerprint density at radius 3 is 1.20 bits per heavy atom. The van der Waals surface area contributed by atoms with E-state index < -0.39 is 6.03 Å². The van der Waals surface area contributed by atoms with Crippen LogP contribution >= 0.6 is 0 Å². The third kappa shape index (κ3) is 49700. The van der Waals surface area contributed by atoms with Crippen molar-refractivity contribution in [1.82, 2.24) is 0 Å². The van der Waals surface area contributed by atoms with Crippen LogP contribution in [0.5, 0.6) is 0 Å². The fraction of sp³-hybridized carbons (Fsp3) is 0.400. The van der Waals surface area contributed by atoms with E-state index in [9.17, 15) is 0 Å². The van der Waals surface area contributed by atoms with Crippen molar-refractivity contribution in [2.45, 2.75) is 13.8 Å². The lowest BCUT2D eigenvalue weighted by atomic mass is 10.6. The van der Waals surface area contributed by atoms with Crippen LogP contribution in [0.15, 0.2) is 12.2 Å². The highest BCUT2D eigenvalue weighted by Gasteiger charge is 1.60. The van der Waals surface area contributed by atoms with Crippen LogP contribution in [0.2, 0.25) is 0 Å². The van der Waals surface area contributed by atoms with E-state index >= 15 is 0 Å². The first-order valence-electron chi connectivity index (χ1n) is 2.60. The summed E-state index contributed by atoms with van der Waals surface area (Å²) >= 11 is 0. The molecule has 0 fully saturated rings. The number of rotatable bonds is 0. The monoisotopic (exact) mass is 148 g/mol. The lowest BCUT2D eigenvalue weighted by Gasteiger charge is -1.62. The predicted molar refractivity (Wildman–Crippen MR) is 42.6 cm³/mol. The summed E-state index contributed by atoms with van der Waals surface area (Å²) in [6, 6.07) is -0.833. The molecule has 0 rings (SSSR count). The summed E-state index contributed by atoms with van der Waals surface area (Å²) in [5.74, 6) is 8.00. The van der Waals surface area contributed by atoms with Crippen molar-refractivity contribution >= 4 is 6.03 Å². The maximum atomic E-state index is 9.00. The van der Waals surface area contributed by atoms with Gasteiger partial charge >= 0.3 is 6.03 Å². The third-order valence-electron chi connectivity index (χ3n) is 0.333. The molecular weight excluding hydrogens is 132 g/mol. The van der Waals surface area contributed by atoms with E-state index in [0.29, 0.717) is 0 Å². The summed E-state index contributed by atoms with van der Waals surface area (Å²) in [5.41, 5.74) is 8.50. The molecule has 0 spiro atoms. The Hall–Kier alpha value is -1.07. The second-order valence-electron chi connectivity index (χ2n) is 1.07. The Bertz CT molecular complexity index is 73.7. The van der Waals surface area contributed by atoms with Gasteiger partial charge in [0.1, 0.15) is 0 Å². The maximum absolute atomic E-state index is 9.00. The number of hydrogen-bond acceptors (Lipinski definition) is 3. The first-order valence-corrected chi connectivity index (χ1v) is 2.60. The van der Waals surface area contributed by atoms with Crippen molar-refractivity contribution in [2.75, 3.05) is 0 Å². The molecule has 8 N–H and O–H groups in total. The van der Waals surface area contributed by atoms with E-state index in [2.05, 4.69) is 23.2 Å². The van der Waals surface area contributed by atoms with Crippen LogP contribution in [0.4, 0.5) is 4.79 Å². The molecule has 0 radical (unpaired) electrons. The average molecular weight is 148 g/mol. The zero-order valence-corrected chi connectivity index (χ0v) is 6.37. The van der Waals surface area contributed by atoms with E-state index in [0.717, 1.165) is 0 Å². The van der Waals surface area contributed by atoms with Gasteiger partial charge in [0.15, 0.2) is 0 Å². The molecule has 62 valence electrons. The molecule has 0 aliphatic carbocycles. The molecule has 0 aliphatic heterocycles. The quantitative estimate of drug-likeness (QED) is 0.209. The first kappa shape index (κ1) is 16.0. The number of amides is 2. The predicted octanol–water partition coefficient (Wildman–Crippen LogP) is -0.575. The van der Waals surface area contributed by atoms with Gasteiger partial charge in [0.25, 0.3) is 0 Å². The number of urea groups is 1. The zero-order chi connectivity index (χ0) is 8.99. The van der Waals surface area contributed by atoms with E-state index in [-0.39, 0.29) is 0 Å². The SMILES string of the molecule is CC=CC.NC(N)=O.NN. The van der Waals surface area contributed by atoms with Crippen LogP contribution in [-0.4, -0.2) is 6.03 Å². The molecule has 10 heavy (non-hydrogen) atoms. The fourth-order valence-corrected chi connectivity index (χ4v) is 0. The average Bonchev–Trinajstić information content (AvgIpc) is 1.91. The number of carbonyl (C=O) groups excluding carboxylic acids is 1. The minimum Gasteiger partial charge on any atom is -0.352 e. The Morgan fingerprint density at radius 1 is 1.10 bits per heavy atom. The number of nitrogens with two attached hydrogens (primary N) is 4. The highest BCUT2D eigenvalue weighted by atomic mass is 16.2. The van der Waals surface area contributed by atoms with Crippen molar-refractivity contribution in [1.29, 1.82) is 0 Å². The van der Waals surface area contributed by atoms with Crippen molar-refractivity contribution < 1.29 is 4.79 Å². The normalized spacial score (nSPS) is 6.80. The van der Waals surface area contributed by atoms with Crippen LogP contribution in [0.1, 0.15) is 13.8 Å². The van der Waals surface area contributed by atoms with Gasteiger partial charge in [-0.05, 0) is 13.8 Å². The highest BCUT2D eigenvalue weighted by molar-refractivity contribution is 5.69. The van der Waals surface area contributed by atoms with Crippen molar-refractivity contribution in [3.8, 4) is 0 Å². The molecule has 0 aromatic heterocycles. The Balaban J connectivity index is -0.0000000787. The number of carbonyl (C=O) groups is 1. The molecule has 5 nitrogen and oxygen atoms in total. The highest BCUT2D eigenvalue weighted by Crippen LogP contribution is 1.57. The summed E-state index contributed by atoms with van der Waals surface area (Å²) in [6.45, 7) is 4.00. The van der Waals surface area contributed by atoms with E-state index in [4.69, 9.17) is 4.79 Å². The molecule has 0 heterocycles. The van der Waals surface area contributed by atoms with Crippen LogP contribution in [0.25, 0.3) is 0 Å². The lowest BCUT2D eigenvalue weighted by Crippen LogP contribution is -2.18. The van der Waals surface area contributed by atoms with Gasteiger partial charge in [0.2, 0.25) is 0 Å². The zero-order valence-electron chi connectivity index (χ0n) is 6.37. The van der Waals surface area contributed by atoms with E-state index in [1.54, 1.807) is 0 Å². The van der Waals surface area contributed by atoms with E-state index in [1.807, 2.05) is 26.0 Å². The van der Waals surface area contributed by atoms with Crippen LogP contribution < -0.4 is 23.2 Å². The second-order valence-corrected chi connectivity index (χ2v) is 1.07. The molecule has 0 atom stereocenters. The standard InChI is InChI=1S/C4H8.CH4N2O.H4N2/c1-3-4-2;2-1(3)4;1-2/h3-4H,1-2H3;(H4,2,3,4);1-2H2. The molecule has 5 heteroatoms. The van der Waals surface area contributed by atoms with Gasteiger partial charge in [0.05, 0.1) is 0 Å². The molecule has 0 bridgehead atoms. The van der Waals surface area contributed by atoms with Crippen LogP contribution in [0, 0.1) is 0 Å². The first-order chi connectivity index (χ1) is 4.65. The molecule has 0 saturated heterocycles. The minimum absolute atomic E-state index is 0.833. The van der Waals surface area contributed by atoms with Crippen molar-refractivity contribution in [3.63, 3.8) is 0 Å². The third-order valence-corrected chi connectivity index (χ3v) is 0.333. The Morgan fingerprint density at radius 2 is 1.20 bits per heavy atom. The topological polar surface area (TPSA) is 121 Å². The van der Waals surface area contributed by atoms with Crippen LogP contribution in [0.3, 0.4) is 0 Å². The molecule has 0 aromatic carbocycles. The van der Waals surface area contributed by atoms with Crippen molar-refractivity contribution in [3.05, 3.63) is 12.2 Å². The van der Waals surface area contributed by atoms with Gasteiger partial charge in [-0.25, -0.2) is 4.79 Å².